The van der Waals surface area contributed by atoms with Crippen LogP contribution in [0.5, 0.6) is 0 Å². The summed E-state index contributed by atoms with van der Waals surface area (Å²) in [5.41, 5.74) is 4.41. The lowest BCUT2D eigenvalue weighted by Gasteiger charge is -2.08. The van der Waals surface area contributed by atoms with E-state index in [0.29, 0.717) is 5.69 Å². The van der Waals surface area contributed by atoms with Crippen molar-refractivity contribution in [2.24, 2.45) is 0 Å². The number of hydrogen-bond donors (Lipinski definition) is 1. The second kappa shape index (κ2) is 3.29. The maximum absolute atomic E-state index is 11.9. The number of imide groups is 1. The number of carbonyl (C=O) groups excluding carboxylic acids is 1. The molecule has 0 saturated heterocycles. The Morgan fingerprint density at radius 2 is 2.00 bits per heavy atom. The molecule has 0 bridgehead atoms. The zero-order valence-electron chi connectivity index (χ0n) is 9.49. The van der Waals surface area contributed by atoms with Gasteiger partial charge in [0.15, 0.2) is 0 Å². The first kappa shape index (κ1) is 10.3. The molecule has 0 aromatic carbocycles. The van der Waals surface area contributed by atoms with Gasteiger partial charge in [-0.2, -0.15) is 0 Å². The number of fused-ring (bicyclic) bond motifs is 3. The fourth-order valence-electron chi connectivity index (χ4n) is 2.78. The number of aromatic nitrogens is 1. The lowest BCUT2D eigenvalue weighted by atomic mass is 10.0. The monoisotopic (exact) mass is 232 g/mol. The molecule has 1 N–H and O–H groups in total. The van der Waals surface area contributed by atoms with Gasteiger partial charge in [0, 0.05) is 11.3 Å². The van der Waals surface area contributed by atoms with Gasteiger partial charge in [0.25, 0.3) is 5.91 Å². The number of aryl methyl sites for hydroxylation is 1. The number of nitrogens with zero attached hydrogens (tertiary/aromatic N) is 2. The molecule has 5 nitrogen and oxygen atoms in total. The summed E-state index contributed by atoms with van der Waals surface area (Å²) < 4.78 is 0. The number of carboxylic acid groups (broad SMARTS) is 1. The molecule has 1 aromatic rings. The van der Waals surface area contributed by atoms with Crippen molar-refractivity contribution >= 4 is 12.0 Å². The first-order valence-corrected chi connectivity index (χ1v) is 5.65. The summed E-state index contributed by atoms with van der Waals surface area (Å²) in [5.74, 6) is -0.481. The highest BCUT2D eigenvalue weighted by atomic mass is 16.4. The van der Waals surface area contributed by atoms with E-state index >= 15 is 0 Å². The van der Waals surface area contributed by atoms with E-state index in [-0.39, 0.29) is 6.54 Å². The number of pyridine rings is 1. The zero-order chi connectivity index (χ0) is 12.2. The van der Waals surface area contributed by atoms with Crippen LogP contribution < -0.4 is 0 Å². The third-order valence-electron chi connectivity index (χ3n) is 3.58. The third kappa shape index (κ3) is 1.28. The molecule has 0 saturated carbocycles. The summed E-state index contributed by atoms with van der Waals surface area (Å²) in [6.45, 7) is 2.06. The van der Waals surface area contributed by atoms with Crippen LogP contribution >= 0.6 is 0 Å². The topological polar surface area (TPSA) is 70.5 Å². The molecule has 0 atom stereocenters. The van der Waals surface area contributed by atoms with E-state index in [1.165, 1.54) is 5.56 Å². The van der Waals surface area contributed by atoms with Crippen molar-refractivity contribution in [3.8, 4) is 0 Å². The first-order valence-electron chi connectivity index (χ1n) is 5.65. The fourth-order valence-corrected chi connectivity index (χ4v) is 2.78. The molecule has 2 heterocycles. The Kier molecular flexibility index (Phi) is 1.98. The van der Waals surface area contributed by atoms with E-state index in [0.717, 1.165) is 41.0 Å². The molecule has 0 fully saturated rings. The van der Waals surface area contributed by atoms with Gasteiger partial charge >= 0.3 is 6.09 Å². The van der Waals surface area contributed by atoms with Crippen LogP contribution in [-0.2, 0) is 19.4 Å². The SMILES string of the molecule is Cc1nc2c(c3c1CCC3)CN(C(=O)O)C2=O. The van der Waals surface area contributed by atoms with E-state index < -0.39 is 12.0 Å². The van der Waals surface area contributed by atoms with Crippen LogP contribution in [0.4, 0.5) is 4.79 Å². The van der Waals surface area contributed by atoms with Gasteiger partial charge in [-0.3, -0.25) is 4.79 Å². The van der Waals surface area contributed by atoms with Crippen molar-refractivity contribution in [1.82, 2.24) is 9.88 Å². The van der Waals surface area contributed by atoms with E-state index in [4.69, 9.17) is 5.11 Å². The van der Waals surface area contributed by atoms with Gasteiger partial charge in [-0.15, -0.1) is 0 Å². The predicted molar refractivity (Wildman–Crippen MR) is 58.9 cm³/mol. The molecule has 1 aliphatic carbocycles. The molecule has 17 heavy (non-hydrogen) atoms. The largest absolute Gasteiger partial charge is 0.465 e. The fraction of sp³-hybridized carbons (Fsp3) is 0.417. The van der Waals surface area contributed by atoms with Gasteiger partial charge in [0.05, 0.1) is 6.54 Å². The van der Waals surface area contributed by atoms with Crippen molar-refractivity contribution in [3.63, 3.8) is 0 Å². The summed E-state index contributed by atoms with van der Waals surface area (Å²) in [6, 6.07) is 0. The first-order chi connectivity index (χ1) is 8.09. The summed E-state index contributed by atoms with van der Waals surface area (Å²) in [7, 11) is 0. The standard InChI is InChI=1S/C12H12N2O3/c1-6-7-3-2-4-8(7)9-5-14(12(16)17)11(15)10(9)13-6/h2-5H2,1H3,(H,16,17). The van der Waals surface area contributed by atoms with Crippen LogP contribution in [0.3, 0.4) is 0 Å². The summed E-state index contributed by atoms with van der Waals surface area (Å²) in [5, 5.41) is 8.95. The van der Waals surface area contributed by atoms with Crippen molar-refractivity contribution < 1.29 is 14.7 Å². The van der Waals surface area contributed by atoms with Crippen LogP contribution in [0, 0.1) is 6.92 Å². The van der Waals surface area contributed by atoms with Gasteiger partial charge in [0.1, 0.15) is 5.69 Å². The van der Waals surface area contributed by atoms with Crippen LogP contribution in [0.1, 0.15) is 39.3 Å². The summed E-state index contributed by atoms with van der Waals surface area (Å²) in [4.78, 5) is 27.9. The average Bonchev–Trinajstić information content (AvgIpc) is 2.85. The molecule has 3 rings (SSSR count). The van der Waals surface area contributed by atoms with E-state index in [9.17, 15) is 9.59 Å². The molecule has 2 amide bonds. The highest BCUT2D eigenvalue weighted by Crippen LogP contribution is 2.33. The molecule has 0 spiro atoms. The number of hydrogen-bond acceptors (Lipinski definition) is 3. The van der Waals surface area contributed by atoms with E-state index in [1.54, 1.807) is 0 Å². The lowest BCUT2D eigenvalue weighted by Crippen LogP contribution is -2.29. The van der Waals surface area contributed by atoms with Crippen molar-refractivity contribution in [2.75, 3.05) is 0 Å². The average molecular weight is 232 g/mol. The number of amides is 2. The Bertz CT molecular complexity index is 551. The van der Waals surface area contributed by atoms with Crippen molar-refractivity contribution in [2.45, 2.75) is 32.7 Å². The minimum atomic E-state index is -1.20. The van der Waals surface area contributed by atoms with Gasteiger partial charge in [-0.05, 0) is 37.3 Å². The maximum atomic E-state index is 11.9. The van der Waals surface area contributed by atoms with Gasteiger partial charge in [-0.25, -0.2) is 14.7 Å². The van der Waals surface area contributed by atoms with E-state index in [1.807, 2.05) is 6.92 Å². The van der Waals surface area contributed by atoms with Crippen LogP contribution in [0.15, 0.2) is 0 Å². The minimum absolute atomic E-state index is 0.166. The molecular formula is C12H12N2O3. The molecular weight excluding hydrogens is 220 g/mol. The maximum Gasteiger partial charge on any atom is 0.414 e. The minimum Gasteiger partial charge on any atom is -0.465 e. The highest BCUT2D eigenvalue weighted by Gasteiger charge is 2.37. The quantitative estimate of drug-likeness (QED) is 0.736. The molecule has 1 aliphatic heterocycles. The molecule has 88 valence electrons. The smallest absolute Gasteiger partial charge is 0.414 e. The third-order valence-corrected chi connectivity index (χ3v) is 3.58. The predicted octanol–water partition coefficient (Wildman–Crippen LogP) is 1.51. The van der Waals surface area contributed by atoms with E-state index in [2.05, 4.69) is 4.98 Å². The van der Waals surface area contributed by atoms with Gasteiger partial charge in [0.2, 0.25) is 0 Å². The number of rotatable bonds is 0. The molecule has 2 aliphatic rings. The Morgan fingerprint density at radius 1 is 1.29 bits per heavy atom. The van der Waals surface area contributed by atoms with Crippen LogP contribution in [0.2, 0.25) is 0 Å². The van der Waals surface area contributed by atoms with Crippen molar-refractivity contribution in [1.29, 1.82) is 0 Å². The summed E-state index contributed by atoms with van der Waals surface area (Å²) >= 11 is 0. The molecule has 1 aromatic heterocycles. The molecule has 0 unspecified atom stereocenters. The normalized spacial score (nSPS) is 17.2. The van der Waals surface area contributed by atoms with Gasteiger partial charge in [-0.1, -0.05) is 0 Å². The molecule has 0 radical (unpaired) electrons. The molecule has 5 heteroatoms. The Morgan fingerprint density at radius 3 is 2.71 bits per heavy atom. The lowest BCUT2D eigenvalue weighted by molar-refractivity contribution is 0.0759. The second-order valence-corrected chi connectivity index (χ2v) is 4.51. The highest BCUT2D eigenvalue weighted by molar-refractivity contribution is 6.05. The van der Waals surface area contributed by atoms with Crippen molar-refractivity contribution in [3.05, 3.63) is 28.1 Å². The van der Waals surface area contributed by atoms with Crippen LogP contribution in [-0.4, -0.2) is 27.0 Å². The number of carbonyl (C=O) groups is 2. The Balaban J connectivity index is 2.18. The Labute approximate surface area is 98.1 Å². The van der Waals surface area contributed by atoms with Crippen LogP contribution in [0.25, 0.3) is 0 Å². The van der Waals surface area contributed by atoms with Gasteiger partial charge < -0.3 is 5.11 Å². The summed E-state index contributed by atoms with van der Waals surface area (Å²) in [6.07, 6.45) is 1.79. The zero-order valence-corrected chi connectivity index (χ0v) is 9.49. The second-order valence-electron chi connectivity index (χ2n) is 4.51. The Hall–Kier alpha value is -1.91.